The third-order valence-electron chi connectivity index (χ3n) is 2.47. The highest BCUT2D eigenvalue weighted by molar-refractivity contribution is 5.69. The number of nitrogens with zero attached hydrogens (tertiary/aromatic N) is 4. The first-order valence-electron chi connectivity index (χ1n) is 5.08. The molecule has 0 aliphatic heterocycles. The van der Waals surface area contributed by atoms with Crippen LogP contribution in [0.2, 0.25) is 0 Å². The molecule has 0 fully saturated rings. The van der Waals surface area contributed by atoms with E-state index in [1.54, 1.807) is 18.7 Å². The number of ether oxygens (including phenoxy) is 1. The van der Waals surface area contributed by atoms with Gasteiger partial charge in [-0.15, -0.1) is 5.10 Å². The molecule has 1 aromatic heterocycles. The van der Waals surface area contributed by atoms with E-state index >= 15 is 0 Å². The Hall–Kier alpha value is -1.50. The second-order valence-corrected chi connectivity index (χ2v) is 3.67. The van der Waals surface area contributed by atoms with Crippen LogP contribution in [0.15, 0.2) is 0 Å². The van der Waals surface area contributed by atoms with E-state index in [9.17, 15) is 4.79 Å². The fraction of sp³-hybridized carbons (Fsp3) is 0.778. The van der Waals surface area contributed by atoms with Crippen molar-refractivity contribution in [2.75, 3.05) is 7.11 Å². The highest BCUT2D eigenvalue weighted by atomic mass is 16.5. The number of methoxy groups -OCH3 is 1. The topological polar surface area (TPSA) is 90.1 Å². The number of hydrogen-bond donors (Lipinski definition) is 1. The number of carbonyl (C=O) groups is 1. The van der Waals surface area contributed by atoms with Crippen molar-refractivity contribution in [2.45, 2.75) is 32.9 Å². The summed E-state index contributed by atoms with van der Waals surface area (Å²) in [4.78, 5) is 10.6. The van der Waals surface area contributed by atoms with Crippen LogP contribution in [0, 0.1) is 5.92 Å². The Balaban J connectivity index is 2.60. The SMILES string of the molecule is COC(C)c1nnnn1CCC(C)C(=O)O. The summed E-state index contributed by atoms with van der Waals surface area (Å²) in [6.45, 7) is 3.97. The molecule has 0 bridgehead atoms. The molecule has 1 rings (SSSR count). The molecule has 0 spiro atoms. The highest BCUT2D eigenvalue weighted by Gasteiger charge is 2.16. The molecule has 1 heterocycles. The number of rotatable bonds is 6. The van der Waals surface area contributed by atoms with Gasteiger partial charge in [-0.3, -0.25) is 4.79 Å². The smallest absolute Gasteiger partial charge is 0.306 e. The van der Waals surface area contributed by atoms with Gasteiger partial charge in [0.15, 0.2) is 5.82 Å². The molecule has 1 aromatic rings. The second kappa shape index (κ2) is 5.55. The summed E-state index contributed by atoms with van der Waals surface area (Å²) in [5.74, 6) is -0.607. The van der Waals surface area contributed by atoms with Crippen molar-refractivity contribution in [2.24, 2.45) is 5.92 Å². The average Bonchev–Trinajstić information content (AvgIpc) is 2.72. The van der Waals surface area contributed by atoms with Gasteiger partial charge < -0.3 is 9.84 Å². The number of carboxylic acids is 1. The van der Waals surface area contributed by atoms with Crippen molar-refractivity contribution in [1.29, 1.82) is 0 Å². The lowest BCUT2D eigenvalue weighted by atomic mass is 10.1. The molecule has 0 saturated heterocycles. The van der Waals surface area contributed by atoms with Crippen LogP contribution in [0.5, 0.6) is 0 Å². The van der Waals surface area contributed by atoms with Crippen LogP contribution in [0.3, 0.4) is 0 Å². The fourth-order valence-electron chi connectivity index (χ4n) is 1.21. The van der Waals surface area contributed by atoms with E-state index in [4.69, 9.17) is 9.84 Å². The van der Waals surface area contributed by atoms with Gasteiger partial charge in [0.25, 0.3) is 0 Å². The molecule has 0 aliphatic rings. The fourth-order valence-corrected chi connectivity index (χ4v) is 1.21. The standard InChI is InChI=1S/C9H16N4O3/c1-6(9(14)15)4-5-13-8(7(2)16-3)10-11-12-13/h6-7H,4-5H2,1-3H3,(H,14,15). The Kier molecular flexibility index (Phi) is 4.36. The first kappa shape index (κ1) is 12.6. The number of aromatic nitrogens is 4. The molecule has 0 aliphatic carbocycles. The van der Waals surface area contributed by atoms with Crippen molar-refractivity contribution in [3.8, 4) is 0 Å². The van der Waals surface area contributed by atoms with E-state index in [2.05, 4.69) is 15.5 Å². The Labute approximate surface area is 93.4 Å². The minimum absolute atomic E-state index is 0.199. The third-order valence-corrected chi connectivity index (χ3v) is 2.47. The predicted molar refractivity (Wildman–Crippen MR) is 54.7 cm³/mol. The normalized spacial score (nSPS) is 14.7. The van der Waals surface area contributed by atoms with Crippen LogP contribution >= 0.6 is 0 Å². The second-order valence-electron chi connectivity index (χ2n) is 3.67. The van der Waals surface area contributed by atoms with Crippen LogP contribution in [0.25, 0.3) is 0 Å². The lowest BCUT2D eigenvalue weighted by Gasteiger charge is -2.10. The minimum atomic E-state index is -0.811. The molecule has 2 unspecified atom stereocenters. The molecule has 1 N–H and O–H groups in total. The third kappa shape index (κ3) is 2.99. The summed E-state index contributed by atoms with van der Waals surface area (Å²) in [7, 11) is 1.57. The van der Waals surface area contributed by atoms with Gasteiger partial charge in [0.2, 0.25) is 0 Å². The Morgan fingerprint density at radius 2 is 2.25 bits per heavy atom. The maximum Gasteiger partial charge on any atom is 0.306 e. The van der Waals surface area contributed by atoms with Crippen molar-refractivity contribution in [3.63, 3.8) is 0 Å². The van der Waals surface area contributed by atoms with E-state index < -0.39 is 11.9 Å². The summed E-state index contributed by atoms with van der Waals surface area (Å²) in [5, 5.41) is 19.9. The van der Waals surface area contributed by atoms with Gasteiger partial charge >= 0.3 is 5.97 Å². The molecular weight excluding hydrogens is 212 g/mol. The molecular formula is C9H16N4O3. The number of carboxylic acid groups (broad SMARTS) is 1. The largest absolute Gasteiger partial charge is 0.481 e. The molecule has 16 heavy (non-hydrogen) atoms. The van der Waals surface area contributed by atoms with Gasteiger partial charge in [0.1, 0.15) is 6.10 Å². The number of aryl methyl sites for hydroxylation is 1. The monoisotopic (exact) mass is 228 g/mol. The van der Waals surface area contributed by atoms with E-state index in [0.717, 1.165) is 0 Å². The summed E-state index contributed by atoms with van der Waals surface area (Å²) < 4.78 is 6.69. The van der Waals surface area contributed by atoms with Gasteiger partial charge in [0, 0.05) is 13.7 Å². The van der Waals surface area contributed by atoms with Gasteiger partial charge in [-0.25, -0.2) is 4.68 Å². The zero-order chi connectivity index (χ0) is 12.1. The highest BCUT2D eigenvalue weighted by Crippen LogP contribution is 2.12. The lowest BCUT2D eigenvalue weighted by molar-refractivity contribution is -0.141. The van der Waals surface area contributed by atoms with Gasteiger partial charge in [-0.2, -0.15) is 0 Å². The molecule has 7 heteroatoms. The summed E-state index contributed by atoms with van der Waals surface area (Å²) >= 11 is 0. The summed E-state index contributed by atoms with van der Waals surface area (Å²) in [6, 6.07) is 0. The lowest BCUT2D eigenvalue weighted by Crippen LogP contribution is -2.16. The van der Waals surface area contributed by atoms with Gasteiger partial charge in [-0.1, -0.05) is 6.92 Å². The van der Waals surface area contributed by atoms with Crippen molar-refractivity contribution in [1.82, 2.24) is 20.2 Å². The quantitative estimate of drug-likeness (QED) is 0.762. The Morgan fingerprint density at radius 1 is 1.56 bits per heavy atom. The number of aliphatic carboxylic acids is 1. The maximum atomic E-state index is 10.6. The summed E-state index contributed by atoms with van der Waals surface area (Å²) in [5.41, 5.74) is 0. The van der Waals surface area contributed by atoms with Crippen LogP contribution in [0.1, 0.15) is 32.2 Å². The minimum Gasteiger partial charge on any atom is -0.481 e. The molecule has 7 nitrogen and oxygen atoms in total. The van der Waals surface area contributed by atoms with Crippen LogP contribution < -0.4 is 0 Å². The van der Waals surface area contributed by atoms with Crippen molar-refractivity contribution in [3.05, 3.63) is 5.82 Å². The number of tetrazole rings is 1. The van der Waals surface area contributed by atoms with Crippen molar-refractivity contribution >= 4 is 5.97 Å². The van der Waals surface area contributed by atoms with E-state index in [1.807, 2.05) is 6.92 Å². The van der Waals surface area contributed by atoms with Crippen LogP contribution in [0.4, 0.5) is 0 Å². The van der Waals surface area contributed by atoms with Gasteiger partial charge in [0.05, 0.1) is 5.92 Å². The van der Waals surface area contributed by atoms with Crippen LogP contribution in [-0.4, -0.2) is 38.4 Å². The molecule has 0 aromatic carbocycles. The van der Waals surface area contributed by atoms with E-state index in [0.29, 0.717) is 18.8 Å². The summed E-state index contributed by atoms with van der Waals surface area (Å²) in [6.07, 6.45) is 0.291. The Morgan fingerprint density at radius 3 is 2.81 bits per heavy atom. The molecule has 0 saturated carbocycles. The molecule has 0 radical (unpaired) electrons. The van der Waals surface area contributed by atoms with Crippen molar-refractivity contribution < 1.29 is 14.6 Å². The first-order chi connectivity index (χ1) is 7.56. The number of hydrogen-bond acceptors (Lipinski definition) is 5. The van der Waals surface area contributed by atoms with Gasteiger partial charge in [-0.05, 0) is 23.8 Å². The van der Waals surface area contributed by atoms with E-state index in [1.165, 1.54) is 0 Å². The maximum absolute atomic E-state index is 10.6. The molecule has 0 amide bonds. The van der Waals surface area contributed by atoms with E-state index in [-0.39, 0.29) is 6.10 Å². The first-order valence-corrected chi connectivity index (χ1v) is 5.08. The predicted octanol–water partition coefficient (Wildman–Crippen LogP) is 0.491. The van der Waals surface area contributed by atoms with Crippen LogP contribution in [-0.2, 0) is 16.1 Å². The average molecular weight is 228 g/mol. The molecule has 2 atom stereocenters. The Bertz CT molecular complexity index is 352. The zero-order valence-corrected chi connectivity index (χ0v) is 9.62. The zero-order valence-electron chi connectivity index (χ0n) is 9.62. The molecule has 90 valence electrons.